The van der Waals surface area contributed by atoms with Gasteiger partial charge in [0, 0.05) is 24.7 Å². The van der Waals surface area contributed by atoms with E-state index in [4.69, 9.17) is 21.1 Å². The van der Waals surface area contributed by atoms with Crippen molar-refractivity contribution in [1.29, 1.82) is 0 Å². The third-order valence-corrected chi connectivity index (χ3v) is 6.08. The molecule has 0 saturated heterocycles. The van der Waals surface area contributed by atoms with Gasteiger partial charge in [-0.1, -0.05) is 30.7 Å². The highest BCUT2D eigenvalue weighted by molar-refractivity contribution is 6.30. The molecule has 10 heteroatoms. The quantitative estimate of drug-likeness (QED) is 0.284. The van der Waals surface area contributed by atoms with E-state index in [1.54, 1.807) is 12.1 Å². The van der Waals surface area contributed by atoms with E-state index < -0.39 is 17.8 Å². The molecule has 2 aromatic carbocycles. The highest BCUT2D eigenvalue weighted by Gasteiger charge is 2.24. The van der Waals surface area contributed by atoms with E-state index in [1.165, 1.54) is 35.9 Å². The first kappa shape index (κ1) is 27.2. The van der Waals surface area contributed by atoms with Gasteiger partial charge >= 0.3 is 5.97 Å². The van der Waals surface area contributed by atoms with Gasteiger partial charge in [-0.05, 0) is 48.4 Å². The first-order valence-electron chi connectivity index (χ1n) is 11.5. The zero-order valence-electron chi connectivity index (χ0n) is 20.2. The zero-order chi connectivity index (χ0) is 26.2. The Labute approximate surface area is 214 Å². The molecular formula is C26H30ClFN2O6. The molecule has 1 aromatic heterocycles. The third-order valence-electron chi connectivity index (χ3n) is 5.77. The first-order chi connectivity index (χ1) is 17.2. The normalized spacial score (nSPS) is 12.0. The predicted octanol–water partition coefficient (Wildman–Crippen LogP) is 5.21. The van der Waals surface area contributed by atoms with E-state index in [-0.39, 0.29) is 36.4 Å². The molecule has 0 fully saturated rings. The Balaban J connectivity index is 1.78. The van der Waals surface area contributed by atoms with Gasteiger partial charge in [0.25, 0.3) is 0 Å². The van der Waals surface area contributed by atoms with Crippen molar-refractivity contribution in [2.24, 2.45) is 0 Å². The lowest BCUT2D eigenvalue weighted by atomic mass is 10.0. The molecule has 0 amide bonds. The SMILES string of the molecule is CCCN(Cc1ccc(OCCn2c(O)ccc2O)c(OC)c1)C(CC(=O)O)c1ccc(Cl)c(F)c1. The maximum absolute atomic E-state index is 14.2. The van der Waals surface area contributed by atoms with Crippen LogP contribution in [0.25, 0.3) is 0 Å². The van der Waals surface area contributed by atoms with Crippen molar-refractivity contribution < 1.29 is 34.0 Å². The van der Waals surface area contributed by atoms with Crippen LogP contribution in [-0.4, -0.2) is 51.0 Å². The molecule has 0 bridgehead atoms. The fourth-order valence-electron chi connectivity index (χ4n) is 4.06. The molecule has 3 aromatic rings. The van der Waals surface area contributed by atoms with Crippen LogP contribution in [0.15, 0.2) is 48.5 Å². The van der Waals surface area contributed by atoms with E-state index >= 15 is 0 Å². The van der Waals surface area contributed by atoms with Crippen molar-refractivity contribution in [3.05, 3.63) is 70.5 Å². The van der Waals surface area contributed by atoms with E-state index in [1.807, 2.05) is 24.0 Å². The van der Waals surface area contributed by atoms with Crippen molar-refractivity contribution in [3.63, 3.8) is 0 Å². The molecule has 0 aliphatic rings. The van der Waals surface area contributed by atoms with Crippen LogP contribution in [0.3, 0.4) is 0 Å². The molecule has 3 rings (SSSR count). The van der Waals surface area contributed by atoms with E-state index in [2.05, 4.69) is 0 Å². The van der Waals surface area contributed by atoms with Gasteiger partial charge in [-0.2, -0.15) is 0 Å². The van der Waals surface area contributed by atoms with Gasteiger partial charge in [-0.3, -0.25) is 14.3 Å². The lowest BCUT2D eigenvalue weighted by Gasteiger charge is -2.31. The Morgan fingerprint density at radius 3 is 2.44 bits per heavy atom. The molecule has 3 N–H and O–H groups in total. The van der Waals surface area contributed by atoms with Crippen LogP contribution in [0, 0.1) is 5.82 Å². The monoisotopic (exact) mass is 520 g/mol. The second kappa shape index (κ2) is 12.5. The lowest BCUT2D eigenvalue weighted by Crippen LogP contribution is -2.31. The number of ether oxygens (including phenoxy) is 2. The number of nitrogens with zero attached hydrogens (tertiary/aromatic N) is 2. The topological polar surface area (TPSA) is 104 Å². The summed E-state index contributed by atoms with van der Waals surface area (Å²) in [5, 5.41) is 29.0. The second-order valence-electron chi connectivity index (χ2n) is 8.29. The summed E-state index contributed by atoms with van der Waals surface area (Å²) in [4.78, 5) is 13.6. The molecule has 194 valence electrons. The second-order valence-corrected chi connectivity index (χ2v) is 8.70. The summed E-state index contributed by atoms with van der Waals surface area (Å²) in [5.74, 6) is -0.742. The molecule has 0 aliphatic heterocycles. The first-order valence-corrected chi connectivity index (χ1v) is 11.9. The van der Waals surface area contributed by atoms with E-state index in [0.29, 0.717) is 30.2 Å². The molecule has 1 unspecified atom stereocenters. The van der Waals surface area contributed by atoms with Crippen molar-refractivity contribution >= 4 is 17.6 Å². The van der Waals surface area contributed by atoms with E-state index in [0.717, 1.165) is 12.0 Å². The molecule has 0 radical (unpaired) electrons. The van der Waals surface area contributed by atoms with Crippen LogP contribution in [0.5, 0.6) is 23.3 Å². The Hall–Kier alpha value is -3.43. The molecule has 0 saturated carbocycles. The maximum atomic E-state index is 14.2. The fourth-order valence-corrected chi connectivity index (χ4v) is 4.18. The number of carboxylic acids is 1. The van der Waals surface area contributed by atoms with Crippen molar-refractivity contribution in [3.8, 4) is 23.3 Å². The summed E-state index contributed by atoms with van der Waals surface area (Å²) >= 11 is 5.83. The molecule has 0 spiro atoms. The number of aliphatic carboxylic acids is 1. The van der Waals surface area contributed by atoms with Crippen LogP contribution >= 0.6 is 11.6 Å². The van der Waals surface area contributed by atoms with Crippen LogP contribution in [0.4, 0.5) is 4.39 Å². The smallest absolute Gasteiger partial charge is 0.305 e. The van der Waals surface area contributed by atoms with Crippen LogP contribution in [0.2, 0.25) is 5.02 Å². The van der Waals surface area contributed by atoms with Crippen LogP contribution in [-0.2, 0) is 17.9 Å². The molecule has 0 aliphatic carbocycles. The van der Waals surface area contributed by atoms with Gasteiger partial charge in [0.15, 0.2) is 23.3 Å². The standard InChI is InChI=1S/C26H30ClFN2O6/c1-3-10-29(21(15-26(33)34)18-5-6-19(27)20(28)14-18)16-17-4-7-22(23(13-17)35-2)36-12-11-30-24(31)8-9-25(30)32/h4-9,13-14,21,31-32H,3,10-12,15-16H2,1-2H3,(H,33,34). The number of carbonyl (C=O) groups is 1. The fraction of sp³-hybridized carbons (Fsp3) is 0.346. The number of aromatic nitrogens is 1. The number of rotatable bonds is 13. The van der Waals surface area contributed by atoms with Crippen LogP contribution < -0.4 is 9.47 Å². The van der Waals surface area contributed by atoms with Gasteiger partial charge in [-0.25, -0.2) is 4.39 Å². The number of methoxy groups -OCH3 is 1. The number of halogens is 2. The number of hydrogen-bond acceptors (Lipinski definition) is 6. The number of hydrogen-bond donors (Lipinski definition) is 3. The van der Waals surface area contributed by atoms with Crippen molar-refractivity contribution in [1.82, 2.24) is 9.47 Å². The molecular weight excluding hydrogens is 491 g/mol. The van der Waals surface area contributed by atoms with Crippen molar-refractivity contribution in [2.45, 2.75) is 38.9 Å². The highest BCUT2D eigenvalue weighted by atomic mass is 35.5. The largest absolute Gasteiger partial charge is 0.494 e. The Kier molecular flexibility index (Phi) is 9.44. The summed E-state index contributed by atoms with van der Waals surface area (Å²) < 4.78 is 26.8. The van der Waals surface area contributed by atoms with Crippen LogP contribution in [0.1, 0.15) is 36.9 Å². The number of benzene rings is 2. The molecule has 36 heavy (non-hydrogen) atoms. The van der Waals surface area contributed by atoms with E-state index in [9.17, 15) is 24.5 Å². The van der Waals surface area contributed by atoms with Crippen molar-refractivity contribution in [2.75, 3.05) is 20.3 Å². The van der Waals surface area contributed by atoms with Gasteiger partial charge in [0.2, 0.25) is 0 Å². The molecule has 1 heterocycles. The minimum Gasteiger partial charge on any atom is -0.494 e. The summed E-state index contributed by atoms with van der Waals surface area (Å²) in [6.45, 7) is 3.39. The highest BCUT2D eigenvalue weighted by Crippen LogP contribution is 2.32. The summed E-state index contributed by atoms with van der Waals surface area (Å²) in [6.07, 6.45) is 0.572. The maximum Gasteiger partial charge on any atom is 0.305 e. The minimum absolute atomic E-state index is 0.0163. The number of carboxylic acid groups (broad SMARTS) is 1. The number of aromatic hydroxyl groups is 2. The lowest BCUT2D eigenvalue weighted by molar-refractivity contribution is -0.138. The van der Waals surface area contributed by atoms with Gasteiger partial charge in [0.1, 0.15) is 12.4 Å². The average molecular weight is 521 g/mol. The molecule has 8 nitrogen and oxygen atoms in total. The van der Waals surface area contributed by atoms with Gasteiger partial charge < -0.3 is 24.8 Å². The minimum atomic E-state index is -0.988. The van der Waals surface area contributed by atoms with Gasteiger partial charge in [0.05, 0.1) is 25.1 Å². The molecule has 1 atom stereocenters. The average Bonchev–Trinajstić information content (AvgIpc) is 3.17. The summed E-state index contributed by atoms with van der Waals surface area (Å²) in [6, 6.07) is 12.0. The Morgan fingerprint density at radius 2 is 1.83 bits per heavy atom. The summed E-state index contributed by atoms with van der Waals surface area (Å²) in [5.41, 5.74) is 1.40. The zero-order valence-corrected chi connectivity index (χ0v) is 20.9. The Bertz CT molecular complexity index is 1170. The summed E-state index contributed by atoms with van der Waals surface area (Å²) in [7, 11) is 1.52. The third kappa shape index (κ3) is 6.83. The Morgan fingerprint density at radius 1 is 1.11 bits per heavy atom. The van der Waals surface area contributed by atoms with Gasteiger partial charge in [-0.15, -0.1) is 0 Å². The predicted molar refractivity (Wildman–Crippen MR) is 133 cm³/mol.